The highest BCUT2D eigenvalue weighted by molar-refractivity contribution is 4.92. The van der Waals surface area contributed by atoms with Gasteiger partial charge in [-0.05, 0) is 94.3 Å². The van der Waals surface area contributed by atoms with Gasteiger partial charge in [0, 0.05) is 0 Å². The number of unbranched alkanes of at least 4 members (excludes halogenated alkanes) is 3. The monoisotopic (exact) mass is 346 g/mol. The Labute approximate surface area is 157 Å². The second kappa shape index (κ2) is 12.6. The van der Waals surface area contributed by atoms with E-state index in [0.29, 0.717) is 0 Å². The van der Waals surface area contributed by atoms with Gasteiger partial charge in [0.05, 0.1) is 12.9 Å². The van der Waals surface area contributed by atoms with Crippen LogP contribution in [0, 0.1) is 23.7 Å². The van der Waals surface area contributed by atoms with Crippen molar-refractivity contribution in [2.24, 2.45) is 23.7 Å². The molecule has 0 spiro atoms. The second-order valence-electron chi connectivity index (χ2n) is 8.49. The van der Waals surface area contributed by atoms with Crippen LogP contribution in [-0.4, -0.2) is 6.61 Å². The minimum absolute atomic E-state index is 0.806. The van der Waals surface area contributed by atoms with E-state index in [1.807, 2.05) is 6.26 Å². The molecule has 1 nitrogen and oxygen atoms in total. The zero-order valence-corrected chi connectivity index (χ0v) is 16.9. The van der Waals surface area contributed by atoms with Crippen molar-refractivity contribution >= 4 is 0 Å². The number of hydrogen-bond acceptors (Lipinski definition) is 1. The van der Waals surface area contributed by atoms with Gasteiger partial charge >= 0.3 is 0 Å². The van der Waals surface area contributed by atoms with Crippen LogP contribution in [0.25, 0.3) is 0 Å². The van der Waals surface area contributed by atoms with E-state index in [9.17, 15) is 0 Å². The molecule has 2 rings (SSSR count). The summed E-state index contributed by atoms with van der Waals surface area (Å²) >= 11 is 0. The molecule has 0 aromatic heterocycles. The number of allylic oxidation sites excluding steroid dienone is 3. The van der Waals surface area contributed by atoms with Crippen LogP contribution in [0.4, 0.5) is 0 Å². The van der Waals surface area contributed by atoms with Gasteiger partial charge < -0.3 is 4.74 Å². The van der Waals surface area contributed by atoms with Crippen molar-refractivity contribution < 1.29 is 4.74 Å². The third-order valence-corrected chi connectivity index (χ3v) is 6.52. The molecule has 0 saturated heterocycles. The van der Waals surface area contributed by atoms with Crippen molar-refractivity contribution in [1.82, 2.24) is 0 Å². The first-order valence-electron chi connectivity index (χ1n) is 11.3. The molecule has 2 aliphatic rings. The lowest BCUT2D eigenvalue weighted by molar-refractivity contribution is 0.113. The predicted octanol–water partition coefficient (Wildman–Crippen LogP) is 7.68. The molecule has 0 atom stereocenters. The number of ether oxygens (including phenoxy) is 1. The summed E-state index contributed by atoms with van der Waals surface area (Å²) in [4.78, 5) is 0. The zero-order valence-electron chi connectivity index (χ0n) is 16.9. The Morgan fingerprint density at radius 1 is 0.800 bits per heavy atom. The summed E-state index contributed by atoms with van der Waals surface area (Å²) in [6.07, 6.45) is 27.0. The first-order chi connectivity index (χ1) is 12.3. The van der Waals surface area contributed by atoms with E-state index >= 15 is 0 Å². The number of hydrogen-bond donors (Lipinski definition) is 0. The van der Waals surface area contributed by atoms with E-state index in [-0.39, 0.29) is 0 Å². The highest BCUT2D eigenvalue weighted by Crippen LogP contribution is 2.41. The van der Waals surface area contributed by atoms with Gasteiger partial charge in [-0.1, -0.05) is 44.9 Å². The Bertz CT molecular complexity index is 368. The molecular weight excluding hydrogens is 304 g/mol. The summed E-state index contributed by atoms with van der Waals surface area (Å²) in [7, 11) is 0. The maximum absolute atomic E-state index is 5.68. The van der Waals surface area contributed by atoms with Crippen molar-refractivity contribution in [3.05, 3.63) is 24.5 Å². The van der Waals surface area contributed by atoms with Crippen molar-refractivity contribution in [2.75, 3.05) is 6.61 Å². The molecule has 0 unspecified atom stereocenters. The van der Waals surface area contributed by atoms with Crippen LogP contribution < -0.4 is 0 Å². The Morgan fingerprint density at radius 2 is 1.48 bits per heavy atom. The van der Waals surface area contributed by atoms with Gasteiger partial charge in [0.1, 0.15) is 0 Å². The largest absolute Gasteiger partial charge is 0.501 e. The van der Waals surface area contributed by atoms with Crippen LogP contribution in [0.15, 0.2) is 24.5 Å². The van der Waals surface area contributed by atoms with Crippen LogP contribution >= 0.6 is 0 Å². The van der Waals surface area contributed by atoms with Gasteiger partial charge in [0.2, 0.25) is 0 Å². The lowest BCUT2D eigenvalue weighted by Gasteiger charge is -2.37. The average molecular weight is 347 g/mol. The third kappa shape index (κ3) is 8.01. The molecule has 1 heteroatoms. The topological polar surface area (TPSA) is 9.23 Å². The highest BCUT2D eigenvalue weighted by atomic mass is 16.5. The fraction of sp³-hybridized carbons (Fsp3) is 0.833. The van der Waals surface area contributed by atoms with E-state index in [1.165, 1.54) is 77.0 Å². The Morgan fingerprint density at radius 3 is 2.12 bits per heavy atom. The zero-order chi connectivity index (χ0) is 17.7. The summed E-state index contributed by atoms with van der Waals surface area (Å²) in [5, 5.41) is 0. The highest BCUT2D eigenvalue weighted by Gasteiger charge is 2.30. The summed E-state index contributed by atoms with van der Waals surface area (Å²) in [6.45, 7) is 5.38. The third-order valence-electron chi connectivity index (χ3n) is 6.52. The Hall–Kier alpha value is -0.720. The van der Waals surface area contributed by atoms with Crippen LogP contribution in [0.3, 0.4) is 0 Å². The quantitative estimate of drug-likeness (QED) is 0.224. The predicted molar refractivity (Wildman–Crippen MR) is 110 cm³/mol. The van der Waals surface area contributed by atoms with Crippen LogP contribution in [-0.2, 0) is 4.74 Å². The fourth-order valence-electron chi connectivity index (χ4n) is 4.79. The van der Waals surface area contributed by atoms with Crippen molar-refractivity contribution in [3.8, 4) is 0 Å². The Balaban J connectivity index is 1.58. The SMILES string of the molecule is CCC=COCC1CCC(C2CCC(C=CCCCCC)CC2)CC1. The van der Waals surface area contributed by atoms with E-state index in [1.54, 1.807) is 0 Å². The Kier molecular flexibility index (Phi) is 10.4. The fourth-order valence-corrected chi connectivity index (χ4v) is 4.79. The van der Waals surface area contributed by atoms with E-state index in [4.69, 9.17) is 4.74 Å². The number of rotatable bonds is 10. The van der Waals surface area contributed by atoms with Gasteiger partial charge in [0.15, 0.2) is 0 Å². The average Bonchev–Trinajstić information content (AvgIpc) is 2.66. The molecular formula is C24H42O. The molecule has 144 valence electrons. The lowest BCUT2D eigenvalue weighted by Crippen LogP contribution is -2.26. The molecule has 0 aromatic rings. The van der Waals surface area contributed by atoms with Crippen LogP contribution in [0.1, 0.15) is 97.3 Å². The van der Waals surface area contributed by atoms with Gasteiger partial charge in [-0.3, -0.25) is 0 Å². The molecule has 0 radical (unpaired) electrons. The molecule has 25 heavy (non-hydrogen) atoms. The van der Waals surface area contributed by atoms with Crippen LogP contribution in [0.2, 0.25) is 0 Å². The summed E-state index contributed by atoms with van der Waals surface area (Å²) in [5.41, 5.74) is 0. The molecule has 0 aromatic carbocycles. The molecule has 0 N–H and O–H groups in total. The van der Waals surface area contributed by atoms with Gasteiger partial charge in [-0.25, -0.2) is 0 Å². The standard InChI is InChI=1S/C24H42O/c1-3-5-7-8-9-10-21-11-15-23(16-12-21)24-17-13-22(14-18-24)20-25-19-6-4-2/h6,9-10,19,21-24H,3-5,7-8,11-18,20H2,1-2H3. The molecule has 2 saturated carbocycles. The molecule has 0 heterocycles. The minimum Gasteiger partial charge on any atom is -0.501 e. The smallest absolute Gasteiger partial charge is 0.0901 e. The van der Waals surface area contributed by atoms with Gasteiger partial charge in [-0.15, -0.1) is 0 Å². The summed E-state index contributed by atoms with van der Waals surface area (Å²) < 4.78 is 5.68. The lowest BCUT2D eigenvalue weighted by atomic mass is 9.69. The van der Waals surface area contributed by atoms with E-state index in [0.717, 1.165) is 36.7 Å². The van der Waals surface area contributed by atoms with E-state index < -0.39 is 0 Å². The van der Waals surface area contributed by atoms with Gasteiger partial charge in [0.25, 0.3) is 0 Å². The first-order valence-corrected chi connectivity index (χ1v) is 11.3. The van der Waals surface area contributed by atoms with E-state index in [2.05, 4.69) is 32.1 Å². The maximum Gasteiger partial charge on any atom is 0.0901 e. The van der Waals surface area contributed by atoms with Crippen molar-refractivity contribution in [3.63, 3.8) is 0 Å². The minimum atomic E-state index is 0.806. The molecule has 0 aliphatic heterocycles. The molecule has 2 aliphatic carbocycles. The molecule has 0 bridgehead atoms. The summed E-state index contributed by atoms with van der Waals surface area (Å²) in [6, 6.07) is 0. The normalized spacial score (nSPS) is 31.0. The summed E-state index contributed by atoms with van der Waals surface area (Å²) in [5.74, 6) is 3.72. The second-order valence-corrected chi connectivity index (χ2v) is 8.49. The molecule has 0 amide bonds. The van der Waals surface area contributed by atoms with Gasteiger partial charge in [-0.2, -0.15) is 0 Å². The molecule has 2 fully saturated rings. The van der Waals surface area contributed by atoms with Crippen molar-refractivity contribution in [2.45, 2.75) is 97.3 Å². The maximum atomic E-state index is 5.68. The first kappa shape index (κ1) is 20.6. The van der Waals surface area contributed by atoms with Crippen LogP contribution in [0.5, 0.6) is 0 Å². The van der Waals surface area contributed by atoms with Crippen molar-refractivity contribution in [1.29, 1.82) is 0 Å².